The zero-order chi connectivity index (χ0) is 19.4. The van der Waals surface area contributed by atoms with Crippen molar-refractivity contribution in [3.8, 4) is 5.75 Å². The largest absolute Gasteiger partial charge is 0.497 e. The SMILES string of the molecule is COc1ccc(S(=O)(=O)Nc2ccc(Nc3ccc(F)cc3F)cc2)cc1. The molecular weight excluding hydrogens is 374 g/mol. The predicted molar refractivity (Wildman–Crippen MR) is 99.9 cm³/mol. The monoisotopic (exact) mass is 390 g/mol. The van der Waals surface area contributed by atoms with Gasteiger partial charge in [0.15, 0.2) is 0 Å². The molecule has 0 aliphatic rings. The number of anilines is 3. The lowest BCUT2D eigenvalue weighted by molar-refractivity contribution is 0.414. The van der Waals surface area contributed by atoms with Crippen LogP contribution in [0.3, 0.4) is 0 Å². The average molecular weight is 390 g/mol. The maximum Gasteiger partial charge on any atom is 0.261 e. The molecular formula is C19H16F2N2O3S. The number of ether oxygens (including phenoxy) is 1. The van der Waals surface area contributed by atoms with Gasteiger partial charge in [-0.15, -0.1) is 0 Å². The Labute approximate surface area is 155 Å². The number of sulfonamides is 1. The van der Waals surface area contributed by atoms with Crippen molar-refractivity contribution >= 4 is 27.1 Å². The molecule has 0 unspecified atom stereocenters. The number of hydrogen-bond donors (Lipinski definition) is 2. The van der Waals surface area contributed by atoms with E-state index in [0.717, 1.165) is 12.1 Å². The normalized spacial score (nSPS) is 11.1. The molecule has 27 heavy (non-hydrogen) atoms. The quantitative estimate of drug-likeness (QED) is 0.650. The van der Waals surface area contributed by atoms with E-state index in [2.05, 4.69) is 10.0 Å². The van der Waals surface area contributed by atoms with Crippen LogP contribution in [0, 0.1) is 11.6 Å². The number of halogens is 2. The zero-order valence-electron chi connectivity index (χ0n) is 14.2. The molecule has 5 nitrogen and oxygen atoms in total. The number of methoxy groups -OCH3 is 1. The lowest BCUT2D eigenvalue weighted by Gasteiger charge is -2.11. The summed E-state index contributed by atoms with van der Waals surface area (Å²) in [6, 6.07) is 15.4. The van der Waals surface area contributed by atoms with Gasteiger partial charge in [0.05, 0.1) is 17.7 Å². The Balaban J connectivity index is 1.72. The predicted octanol–water partition coefficient (Wildman–Crippen LogP) is 4.52. The molecule has 3 rings (SSSR count). The van der Waals surface area contributed by atoms with E-state index < -0.39 is 21.7 Å². The van der Waals surface area contributed by atoms with Gasteiger partial charge < -0.3 is 10.1 Å². The number of rotatable bonds is 6. The Morgan fingerprint density at radius 1 is 0.852 bits per heavy atom. The molecule has 2 N–H and O–H groups in total. The highest BCUT2D eigenvalue weighted by atomic mass is 32.2. The molecule has 8 heteroatoms. The van der Waals surface area contributed by atoms with E-state index in [0.29, 0.717) is 17.1 Å². The minimum Gasteiger partial charge on any atom is -0.497 e. The highest BCUT2D eigenvalue weighted by Gasteiger charge is 2.14. The van der Waals surface area contributed by atoms with Gasteiger partial charge in [-0.2, -0.15) is 0 Å². The second-order valence-corrected chi connectivity index (χ2v) is 7.29. The molecule has 0 aromatic heterocycles. The smallest absolute Gasteiger partial charge is 0.261 e. The molecule has 0 heterocycles. The van der Waals surface area contributed by atoms with Gasteiger partial charge in [-0.1, -0.05) is 0 Å². The summed E-state index contributed by atoms with van der Waals surface area (Å²) < 4.78 is 58.9. The highest BCUT2D eigenvalue weighted by molar-refractivity contribution is 7.92. The number of benzene rings is 3. The topological polar surface area (TPSA) is 67.4 Å². The summed E-state index contributed by atoms with van der Waals surface area (Å²) in [6.07, 6.45) is 0. The van der Waals surface area contributed by atoms with Gasteiger partial charge in [-0.3, -0.25) is 4.72 Å². The Morgan fingerprint density at radius 3 is 2.07 bits per heavy atom. The summed E-state index contributed by atoms with van der Waals surface area (Å²) in [6.45, 7) is 0. The van der Waals surface area contributed by atoms with Crippen molar-refractivity contribution in [2.75, 3.05) is 17.1 Å². The second kappa shape index (κ2) is 7.63. The summed E-state index contributed by atoms with van der Waals surface area (Å²) >= 11 is 0. The van der Waals surface area contributed by atoms with Crippen molar-refractivity contribution in [3.63, 3.8) is 0 Å². The van der Waals surface area contributed by atoms with Crippen LogP contribution in [0.1, 0.15) is 0 Å². The van der Waals surface area contributed by atoms with Gasteiger partial charge in [0, 0.05) is 17.4 Å². The van der Waals surface area contributed by atoms with Crippen LogP contribution in [0.25, 0.3) is 0 Å². The molecule has 0 spiro atoms. The fourth-order valence-electron chi connectivity index (χ4n) is 2.34. The van der Waals surface area contributed by atoms with E-state index in [-0.39, 0.29) is 10.6 Å². The molecule has 0 amide bonds. The van der Waals surface area contributed by atoms with Crippen molar-refractivity contribution in [2.45, 2.75) is 4.90 Å². The highest BCUT2D eigenvalue weighted by Crippen LogP contribution is 2.24. The van der Waals surface area contributed by atoms with Crippen molar-refractivity contribution in [1.82, 2.24) is 0 Å². The summed E-state index contributed by atoms with van der Waals surface area (Å²) in [4.78, 5) is 0.0962. The summed E-state index contributed by atoms with van der Waals surface area (Å²) in [5, 5.41) is 2.80. The van der Waals surface area contributed by atoms with Gasteiger partial charge in [0.25, 0.3) is 10.0 Å². The van der Waals surface area contributed by atoms with E-state index >= 15 is 0 Å². The number of nitrogens with one attached hydrogen (secondary N) is 2. The maximum absolute atomic E-state index is 13.7. The molecule has 0 aliphatic carbocycles. The first kappa shape index (κ1) is 18.7. The number of hydrogen-bond acceptors (Lipinski definition) is 4. The van der Waals surface area contributed by atoms with E-state index in [4.69, 9.17) is 4.74 Å². The first-order valence-electron chi connectivity index (χ1n) is 7.86. The van der Waals surface area contributed by atoms with Gasteiger partial charge in [-0.05, 0) is 60.7 Å². The summed E-state index contributed by atoms with van der Waals surface area (Å²) in [5.74, 6) is -0.835. The Bertz CT molecular complexity index is 1040. The lowest BCUT2D eigenvalue weighted by atomic mass is 10.2. The van der Waals surface area contributed by atoms with Crippen molar-refractivity contribution < 1.29 is 21.9 Å². The van der Waals surface area contributed by atoms with E-state index in [9.17, 15) is 17.2 Å². The van der Waals surface area contributed by atoms with Crippen LogP contribution in [0.15, 0.2) is 71.6 Å². The van der Waals surface area contributed by atoms with Crippen molar-refractivity contribution in [3.05, 3.63) is 78.4 Å². The van der Waals surface area contributed by atoms with E-state index in [1.54, 1.807) is 24.3 Å². The first-order chi connectivity index (χ1) is 12.9. The second-order valence-electron chi connectivity index (χ2n) is 5.61. The van der Waals surface area contributed by atoms with E-state index in [1.807, 2.05) is 0 Å². The van der Waals surface area contributed by atoms with Gasteiger partial charge in [0.2, 0.25) is 0 Å². The van der Waals surface area contributed by atoms with Crippen LogP contribution in [-0.2, 0) is 10.0 Å². The fraction of sp³-hybridized carbons (Fsp3) is 0.0526. The lowest BCUT2D eigenvalue weighted by Crippen LogP contribution is -2.12. The van der Waals surface area contributed by atoms with Gasteiger partial charge in [-0.25, -0.2) is 17.2 Å². The third-order valence-corrected chi connectivity index (χ3v) is 5.11. The molecule has 0 radical (unpaired) electrons. The third-order valence-electron chi connectivity index (χ3n) is 3.72. The van der Waals surface area contributed by atoms with Crippen LogP contribution in [-0.4, -0.2) is 15.5 Å². The fourth-order valence-corrected chi connectivity index (χ4v) is 3.40. The zero-order valence-corrected chi connectivity index (χ0v) is 15.1. The van der Waals surface area contributed by atoms with Crippen LogP contribution in [0.2, 0.25) is 0 Å². The Hall–Kier alpha value is -3.13. The molecule has 0 saturated heterocycles. The molecule has 0 atom stereocenters. The van der Waals surface area contributed by atoms with Crippen molar-refractivity contribution in [2.24, 2.45) is 0 Å². The minimum atomic E-state index is -3.75. The van der Waals surface area contributed by atoms with Crippen LogP contribution >= 0.6 is 0 Å². The molecule has 0 bridgehead atoms. The molecule has 0 fully saturated rings. The first-order valence-corrected chi connectivity index (χ1v) is 9.35. The maximum atomic E-state index is 13.7. The van der Waals surface area contributed by atoms with E-state index in [1.165, 1.54) is 37.4 Å². The Morgan fingerprint density at radius 2 is 1.48 bits per heavy atom. The molecule has 0 saturated carbocycles. The van der Waals surface area contributed by atoms with Crippen molar-refractivity contribution in [1.29, 1.82) is 0 Å². The summed E-state index contributed by atoms with van der Waals surface area (Å²) in [5.41, 5.74) is 0.979. The van der Waals surface area contributed by atoms with Gasteiger partial charge in [0.1, 0.15) is 17.4 Å². The standard InChI is InChI=1S/C19H16F2N2O3S/c1-26-16-7-9-17(10-8-16)27(24,25)23-15-5-3-14(4-6-15)22-19-11-2-13(20)12-18(19)21/h2-12,22-23H,1H3. The molecule has 3 aromatic carbocycles. The minimum absolute atomic E-state index is 0.0962. The average Bonchev–Trinajstić information content (AvgIpc) is 2.65. The van der Waals surface area contributed by atoms with Crippen LogP contribution in [0.5, 0.6) is 5.75 Å². The molecule has 0 aliphatic heterocycles. The molecule has 140 valence electrons. The molecule has 3 aromatic rings. The van der Waals surface area contributed by atoms with Crippen LogP contribution in [0.4, 0.5) is 25.8 Å². The van der Waals surface area contributed by atoms with Crippen LogP contribution < -0.4 is 14.8 Å². The Kier molecular flexibility index (Phi) is 5.27. The third kappa shape index (κ3) is 4.53. The van der Waals surface area contributed by atoms with Gasteiger partial charge >= 0.3 is 0 Å². The summed E-state index contributed by atoms with van der Waals surface area (Å²) in [7, 11) is -2.25.